The van der Waals surface area contributed by atoms with E-state index in [9.17, 15) is 18.3 Å². The molecule has 9 heteroatoms. The summed E-state index contributed by atoms with van der Waals surface area (Å²) in [6.07, 6.45) is 0.568. The number of carbonyl (C=O) groups excluding carboxylic acids is 1. The number of benzene rings is 3. The molecule has 5 atom stereocenters. The van der Waals surface area contributed by atoms with Crippen LogP contribution in [0.5, 0.6) is 5.75 Å². The zero-order chi connectivity index (χ0) is 29.9. The van der Waals surface area contributed by atoms with Crippen LogP contribution in [0, 0.1) is 5.92 Å². The van der Waals surface area contributed by atoms with Crippen LogP contribution in [0.1, 0.15) is 69.2 Å². The van der Waals surface area contributed by atoms with Gasteiger partial charge in [-0.25, -0.2) is 8.42 Å². The SMILES string of the molecule is C[C@@H](OCC(O)CNC(C)(C)Cc1ccc2ccccc2c1)c1cccc2c1O[C@@H]1[C@@H](C(=O)NS(=O)(=O)C3(C)CC3)[C@H]21. The van der Waals surface area contributed by atoms with E-state index in [0.29, 0.717) is 25.1 Å². The Hall–Kier alpha value is -2.98. The van der Waals surface area contributed by atoms with Gasteiger partial charge in [-0.1, -0.05) is 60.7 Å². The van der Waals surface area contributed by atoms with Crippen molar-refractivity contribution < 1.29 is 27.8 Å². The minimum absolute atomic E-state index is 0.151. The summed E-state index contributed by atoms with van der Waals surface area (Å²) in [7, 11) is -3.68. The molecule has 2 saturated carbocycles. The summed E-state index contributed by atoms with van der Waals surface area (Å²) in [5.41, 5.74) is 2.78. The van der Waals surface area contributed by atoms with Crippen molar-refractivity contribution in [3.8, 4) is 5.75 Å². The summed E-state index contributed by atoms with van der Waals surface area (Å²) < 4.78 is 38.7. The highest BCUT2D eigenvalue weighted by molar-refractivity contribution is 7.91. The van der Waals surface area contributed by atoms with Crippen LogP contribution in [0.2, 0.25) is 0 Å². The number of hydrogen-bond acceptors (Lipinski definition) is 7. The second kappa shape index (κ2) is 10.6. The zero-order valence-electron chi connectivity index (χ0n) is 24.6. The molecule has 0 saturated heterocycles. The van der Waals surface area contributed by atoms with Crippen molar-refractivity contribution in [2.75, 3.05) is 13.2 Å². The van der Waals surface area contributed by atoms with E-state index in [1.54, 1.807) is 6.92 Å². The number of para-hydroxylation sites is 1. The van der Waals surface area contributed by atoms with Gasteiger partial charge in [-0.05, 0) is 63.3 Å². The van der Waals surface area contributed by atoms with E-state index in [4.69, 9.17) is 9.47 Å². The summed E-state index contributed by atoms with van der Waals surface area (Å²) in [5, 5.41) is 16.6. The van der Waals surface area contributed by atoms with Crippen LogP contribution in [0.3, 0.4) is 0 Å². The van der Waals surface area contributed by atoms with Crippen molar-refractivity contribution in [3.05, 3.63) is 77.4 Å². The van der Waals surface area contributed by atoms with Crippen molar-refractivity contribution in [2.24, 2.45) is 5.92 Å². The fraction of sp³-hybridized carbons (Fsp3) is 0.485. The molecular formula is C33H40N2O6S. The molecule has 1 unspecified atom stereocenters. The minimum atomic E-state index is -3.68. The first kappa shape index (κ1) is 29.1. The number of β-amino-alcohol motifs (C(OH)–C–C–N with tert-alkyl or cyclic N) is 1. The molecule has 0 aromatic heterocycles. The first-order valence-electron chi connectivity index (χ1n) is 14.8. The Kier molecular flexibility index (Phi) is 7.37. The van der Waals surface area contributed by atoms with Gasteiger partial charge < -0.3 is 19.9 Å². The average Bonchev–Trinajstić information content (AvgIpc) is 3.84. The van der Waals surface area contributed by atoms with Crippen LogP contribution in [0.25, 0.3) is 10.8 Å². The highest BCUT2D eigenvalue weighted by atomic mass is 32.2. The molecule has 3 aromatic rings. The van der Waals surface area contributed by atoms with Crippen molar-refractivity contribution >= 4 is 26.7 Å². The second-order valence-corrected chi connectivity index (χ2v) is 15.3. The lowest BCUT2D eigenvalue weighted by molar-refractivity contribution is -0.121. The number of sulfonamides is 1. The van der Waals surface area contributed by atoms with Gasteiger partial charge in [0.1, 0.15) is 11.9 Å². The molecule has 224 valence electrons. The standard InChI is InChI=1S/C33H40N2O6S/c1-20(40-19-24(36)18-34-32(2,3)17-21-12-13-22-8-5-6-9-23(22)16-21)25-10-7-11-26-27-28(30(27)41-29(25)26)31(37)35-42(38,39)33(4)14-15-33/h5-13,16,20,24,27-28,30,34,36H,14-15,17-19H2,1-4H3,(H,35,37)/t20-,24?,27+,28+,30+/m1/s1. The van der Waals surface area contributed by atoms with Gasteiger partial charge >= 0.3 is 0 Å². The maximum atomic E-state index is 12.8. The number of aliphatic hydroxyl groups is 1. The number of fused-ring (bicyclic) bond motifs is 4. The molecule has 42 heavy (non-hydrogen) atoms. The van der Waals surface area contributed by atoms with Gasteiger partial charge in [0.15, 0.2) is 0 Å². The van der Waals surface area contributed by atoms with Crippen LogP contribution in [0.4, 0.5) is 0 Å². The van der Waals surface area contributed by atoms with Crippen LogP contribution < -0.4 is 14.8 Å². The smallest absolute Gasteiger partial charge is 0.241 e. The lowest BCUT2D eigenvalue weighted by atomic mass is 9.93. The van der Waals surface area contributed by atoms with E-state index >= 15 is 0 Å². The molecule has 1 heterocycles. The third-order valence-corrected chi connectivity index (χ3v) is 11.2. The fourth-order valence-corrected chi connectivity index (χ4v) is 7.32. The molecule has 0 radical (unpaired) electrons. The normalized spacial score (nSPS) is 23.4. The molecule has 8 nitrogen and oxygen atoms in total. The van der Waals surface area contributed by atoms with Crippen molar-refractivity contribution in [1.82, 2.24) is 10.0 Å². The Morgan fingerprint density at radius 3 is 2.60 bits per heavy atom. The van der Waals surface area contributed by atoms with E-state index in [-0.39, 0.29) is 30.3 Å². The predicted molar refractivity (Wildman–Crippen MR) is 162 cm³/mol. The first-order chi connectivity index (χ1) is 19.9. The van der Waals surface area contributed by atoms with Crippen molar-refractivity contribution in [2.45, 2.75) is 81.5 Å². The Bertz CT molecular complexity index is 1620. The Morgan fingerprint density at radius 1 is 1.12 bits per heavy atom. The van der Waals surface area contributed by atoms with E-state index in [2.05, 4.69) is 54.2 Å². The van der Waals surface area contributed by atoms with E-state index in [1.807, 2.05) is 37.3 Å². The lowest BCUT2D eigenvalue weighted by Crippen LogP contribution is -2.46. The topological polar surface area (TPSA) is 114 Å². The molecule has 0 spiro atoms. The highest BCUT2D eigenvalue weighted by Crippen LogP contribution is 2.60. The number of hydrogen-bond donors (Lipinski definition) is 3. The van der Waals surface area contributed by atoms with Crippen LogP contribution >= 0.6 is 0 Å². The van der Waals surface area contributed by atoms with Gasteiger partial charge in [0.25, 0.3) is 0 Å². The second-order valence-electron chi connectivity index (χ2n) is 13.1. The van der Waals surface area contributed by atoms with Gasteiger partial charge in [0.2, 0.25) is 15.9 Å². The van der Waals surface area contributed by atoms with E-state index < -0.39 is 32.7 Å². The Morgan fingerprint density at radius 2 is 1.86 bits per heavy atom. The lowest BCUT2D eigenvalue weighted by Gasteiger charge is -2.28. The van der Waals surface area contributed by atoms with Crippen molar-refractivity contribution in [3.63, 3.8) is 0 Å². The number of amides is 1. The highest BCUT2D eigenvalue weighted by Gasteiger charge is 2.64. The number of rotatable bonds is 12. The molecule has 0 bridgehead atoms. The maximum absolute atomic E-state index is 12.8. The van der Waals surface area contributed by atoms with Crippen molar-refractivity contribution in [1.29, 1.82) is 0 Å². The third kappa shape index (κ3) is 5.67. The first-order valence-corrected chi connectivity index (χ1v) is 16.2. The fourth-order valence-electron chi connectivity index (χ4n) is 6.03. The van der Waals surface area contributed by atoms with Gasteiger partial charge in [0.05, 0.1) is 29.5 Å². The van der Waals surface area contributed by atoms with Gasteiger partial charge in [-0.3, -0.25) is 9.52 Å². The molecule has 1 aliphatic heterocycles. The molecule has 3 aliphatic rings. The largest absolute Gasteiger partial charge is 0.488 e. The average molecular weight is 593 g/mol. The number of ether oxygens (including phenoxy) is 2. The summed E-state index contributed by atoms with van der Waals surface area (Å²) >= 11 is 0. The number of nitrogens with one attached hydrogen (secondary N) is 2. The Labute approximate surface area is 247 Å². The van der Waals surface area contributed by atoms with Gasteiger partial charge in [-0.15, -0.1) is 0 Å². The summed E-state index contributed by atoms with van der Waals surface area (Å²) in [4.78, 5) is 12.8. The van der Waals surface area contributed by atoms with Gasteiger partial charge in [-0.2, -0.15) is 0 Å². The van der Waals surface area contributed by atoms with E-state index in [0.717, 1.165) is 17.5 Å². The number of aliphatic hydroxyl groups excluding tert-OH is 1. The monoisotopic (exact) mass is 592 g/mol. The molecule has 1 amide bonds. The molecule has 6 rings (SSSR count). The molecule has 3 N–H and O–H groups in total. The van der Waals surface area contributed by atoms with Crippen LogP contribution in [0.15, 0.2) is 60.7 Å². The quantitative estimate of drug-likeness (QED) is 0.286. The van der Waals surface area contributed by atoms with Crippen LogP contribution in [-0.2, 0) is 26.0 Å². The molecular weight excluding hydrogens is 552 g/mol. The molecule has 2 fully saturated rings. The zero-order valence-corrected chi connectivity index (χ0v) is 25.4. The Balaban J connectivity index is 1.00. The minimum Gasteiger partial charge on any atom is -0.488 e. The maximum Gasteiger partial charge on any atom is 0.241 e. The summed E-state index contributed by atoms with van der Waals surface area (Å²) in [6.45, 7) is 8.38. The molecule has 3 aromatic carbocycles. The van der Waals surface area contributed by atoms with Gasteiger partial charge in [0, 0.05) is 29.1 Å². The predicted octanol–water partition coefficient (Wildman–Crippen LogP) is 4.36. The number of carbonyl (C=O) groups is 1. The molecule has 2 aliphatic carbocycles. The summed E-state index contributed by atoms with van der Waals surface area (Å²) in [6, 6.07) is 20.6. The third-order valence-electron chi connectivity index (χ3n) is 9.04. The summed E-state index contributed by atoms with van der Waals surface area (Å²) in [5.74, 6) is -0.455. The van der Waals surface area contributed by atoms with Crippen LogP contribution in [-0.4, -0.2) is 55.1 Å². The van der Waals surface area contributed by atoms with E-state index in [1.165, 1.54) is 16.3 Å².